The Kier molecular flexibility index (Phi) is 5.43. The van der Waals surface area contributed by atoms with Crippen molar-refractivity contribution in [2.75, 3.05) is 17.2 Å². The van der Waals surface area contributed by atoms with E-state index in [1.807, 2.05) is 38.1 Å². The van der Waals surface area contributed by atoms with Crippen LogP contribution in [0.25, 0.3) is 0 Å². The molecule has 1 aliphatic rings. The van der Waals surface area contributed by atoms with Crippen molar-refractivity contribution in [3.05, 3.63) is 24.3 Å². The summed E-state index contributed by atoms with van der Waals surface area (Å²) in [5.74, 6) is -0.266. The number of hydrazine groups is 1. The monoisotopic (exact) mass is 321 g/mol. The molecule has 1 heterocycles. The summed E-state index contributed by atoms with van der Waals surface area (Å²) < 4.78 is 0. The summed E-state index contributed by atoms with van der Waals surface area (Å²) in [6, 6.07) is 7.45. The van der Waals surface area contributed by atoms with Gasteiger partial charge < -0.3 is 4.90 Å². The summed E-state index contributed by atoms with van der Waals surface area (Å²) in [6.07, 6.45) is 0.336. The number of amides is 3. The highest BCUT2D eigenvalue weighted by Gasteiger charge is 2.26. The van der Waals surface area contributed by atoms with Gasteiger partial charge in [0, 0.05) is 11.3 Å². The Morgan fingerprint density at radius 2 is 1.91 bits per heavy atom. The first kappa shape index (κ1) is 16.4. The molecule has 1 aromatic rings. The maximum atomic E-state index is 12.0. The van der Waals surface area contributed by atoms with Gasteiger partial charge in [0.05, 0.1) is 11.4 Å². The van der Waals surface area contributed by atoms with E-state index in [0.717, 1.165) is 10.6 Å². The van der Waals surface area contributed by atoms with Crippen molar-refractivity contribution < 1.29 is 14.4 Å². The third kappa shape index (κ3) is 4.24. The fourth-order valence-electron chi connectivity index (χ4n) is 2.07. The molecular weight excluding hydrogens is 302 g/mol. The highest BCUT2D eigenvalue weighted by atomic mass is 32.2. The lowest BCUT2D eigenvalue weighted by molar-refractivity contribution is -0.129. The number of benzene rings is 1. The Morgan fingerprint density at radius 3 is 2.64 bits per heavy atom. The van der Waals surface area contributed by atoms with Crippen LogP contribution in [0.5, 0.6) is 0 Å². The summed E-state index contributed by atoms with van der Waals surface area (Å²) in [5, 5.41) is 0. The van der Waals surface area contributed by atoms with Gasteiger partial charge in [-0.2, -0.15) is 0 Å². The number of carbonyl (C=O) groups is 3. The van der Waals surface area contributed by atoms with Crippen LogP contribution in [0.3, 0.4) is 0 Å². The number of anilines is 1. The van der Waals surface area contributed by atoms with E-state index >= 15 is 0 Å². The zero-order valence-corrected chi connectivity index (χ0v) is 13.4. The van der Waals surface area contributed by atoms with Gasteiger partial charge in [0.25, 0.3) is 5.91 Å². The first-order chi connectivity index (χ1) is 10.5. The molecule has 0 fully saturated rings. The number of thioether (sulfide) groups is 1. The topological polar surface area (TPSA) is 78.5 Å². The largest absolute Gasteiger partial charge is 0.301 e. The summed E-state index contributed by atoms with van der Waals surface area (Å²) in [4.78, 5) is 37.9. The molecule has 0 saturated heterocycles. The van der Waals surface area contributed by atoms with Crippen LogP contribution < -0.4 is 15.8 Å². The van der Waals surface area contributed by atoms with E-state index in [1.54, 1.807) is 0 Å². The third-order valence-corrected chi connectivity index (χ3v) is 4.09. The van der Waals surface area contributed by atoms with Crippen LogP contribution in [-0.4, -0.2) is 30.0 Å². The molecule has 0 atom stereocenters. The molecule has 1 aliphatic heterocycles. The van der Waals surface area contributed by atoms with E-state index in [0.29, 0.717) is 12.2 Å². The molecular formula is C15H19N3O3S. The number of carbonyl (C=O) groups excluding carboxylic acids is 3. The minimum atomic E-state index is -0.424. The molecule has 2 rings (SSSR count). The van der Waals surface area contributed by atoms with Gasteiger partial charge in [-0.1, -0.05) is 26.0 Å². The van der Waals surface area contributed by atoms with Gasteiger partial charge in [-0.05, 0) is 18.1 Å². The molecule has 0 saturated carbocycles. The lowest BCUT2D eigenvalue weighted by Crippen LogP contribution is -2.49. The molecule has 0 bridgehead atoms. The predicted octanol–water partition coefficient (Wildman–Crippen LogP) is 1.32. The van der Waals surface area contributed by atoms with Crippen LogP contribution in [0, 0.1) is 5.92 Å². The Labute approximate surface area is 133 Å². The van der Waals surface area contributed by atoms with Crippen molar-refractivity contribution in [1.82, 2.24) is 10.9 Å². The van der Waals surface area contributed by atoms with Crippen LogP contribution in [0.1, 0.15) is 20.3 Å². The summed E-state index contributed by atoms with van der Waals surface area (Å²) in [6.45, 7) is 3.73. The summed E-state index contributed by atoms with van der Waals surface area (Å²) in [7, 11) is 0. The van der Waals surface area contributed by atoms with Gasteiger partial charge in [-0.25, -0.2) is 0 Å². The number of rotatable bonds is 4. The lowest BCUT2D eigenvalue weighted by atomic mass is 10.1. The Morgan fingerprint density at radius 1 is 1.23 bits per heavy atom. The predicted molar refractivity (Wildman–Crippen MR) is 85.3 cm³/mol. The average Bonchev–Trinajstić information content (AvgIpc) is 2.47. The minimum absolute atomic E-state index is 0.113. The Hall–Kier alpha value is -2.02. The number of hydrogen-bond donors (Lipinski definition) is 2. The van der Waals surface area contributed by atoms with Crippen LogP contribution in [0.4, 0.5) is 5.69 Å². The highest BCUT2D eigenvalue weighted by molar-refractivity contribution is 8.00. The van der Waals surface area contributed by atoms with E-state index in [9.17, 15) is 14.4 Å². The lowest BCUT2D eigenvalue weighted by Gasteiger charge is -2.28. The smallest absolute Gasteiger partial charge is 0.258 e. The van der Waals surface area contributed by atoms with Gasteiger partial charge in [0.1, 0.15) is 6.54 Å². The van der Waals surface area contributed by atoms with Crippen molar-refractivity contribution in [2.24, 2.45) is 5.92 Å². The molecule has 1 aromatic carbocycles. The molecule has 2 N–H and O–H groups in total. The zero-order valence-electron chi connectivity index (χ0n) is 12.6. The number of hydrogen-bond acceptors (Lipinski definition) is 4. The van der Waals surface area contributed by atoms with Gasteiger partial charge >= 0.3 is 0 Å². The van der Waals surface area contributed by atoms with E-state index in [1.165, 1.54) is 16.7 Å². The zero-order chi connectivity index (χ0) is 16.1. The van der Waals surface area contributed by atoms with Gasteiger partial charge in [0.2, 0.25) is 11.8 Å². The summed E-state index contributed by atoms with van der Waals surface area (Å²) in [5.41, 5.74) is 5.44. The van der Waals surface area contributed by atoms with Crippen molar-refractivity contribution in [1.29, 1.82) is 0 Å². The molecule has 0 spiro atoms. The van der Waals surface area contributed by atoms with Crippen LogP contribution >= 0.6 is 11.8 Å². The fourth-order valence-corrected chi connectivity index (χ4v) is 3.01. The quantitative estimate of drug-likeness (QED) is 0.820. The minimum Gasteiger partial charge on any atom is -0.301 e. The van der Waals surface area contributed by atoms with Gasteiger partial charge in [-0.15, -0.1) is 11.8 Å². The molecule has 0 radical (unpaired) electrons. The van der Waals surface area contributed by atoms with Crippen LogP contribution in [0.15, 0.2) is 29.2 Å². The molecule has 22 heavy (non-hydrogen) atoms. The third-order valence-electron chi connectivity index (χ3n) is 3.04. The van der Waals surface area contributed by atoms with E-state index in [2.05, 4.69) is 10.9 Å². The van der Waals surface area contributed by atoms with Crippen LogP contribution in [-0.2, 0) is 14.4 Å². The normalized spacial score (nSPS) is 13.8. The second kappa shape index (κ2) is 7.31. The standard InChI is InChI=1S/C15H19N3O3S/c1-10(2)7-13(19)16-17-14(20)8-18-11-5-3-4-6-12(11)22-9-15(18)21/h3-6,10H,7-9H2,1-2H3,(H,16,19)(H,17,20). The fraction of sp³-hybridized carbons (Fsp3) is 0.400. The second-order valence-corrected chi connectivity index (χ2v) is 6.45. The van der Waals surface area contributed by atoms with Gasteiger partial charge in [-0.3, -0.25) is 25.2 Å². The van der Waals surface area contributed by atoms with Gasteiger partial charge in [0.15, 0.2) is 0 Å². The molecule has 0 aromatic heterocycles. The SMILES string of the molecule is CC(C)CC(=O)NNC(=O)CN1C(=O)CSc2ccccc21. The number of nitrogens with one attached hydrogen (secondary N) is 2. The number of nitrogens with zero attached hydrogens (tertiary/aromatic N) is 1. The van der Waals surface area contributed by atoms with Crippen molar-refractivity contribution >= 4 is 35.2 Å². The molecule has 7 heteroatoms. The van der Waals surface area contributed by atoms with E-state index in [4.69, 9.17) is 0 Å². The van der Waals surface area contributed by atoms with E-state index < -0.39 is 5.91 Å². The Bertz CT molecular complexity index is 589. The maximum Gasteiger partial charge on any atom is 0.258 e. The molecule has 0 aliphatic carbocycles. The molecule has 0 unspecified atom stereocenters. The first-order valence-electron chi connectivity index (χ1n) is 7.07. The molecule has 3 amide bonds. The second-order valence-electron chi connectivity index (χ2n) is 5.43. The number of para-hydroxylation sites is 1. The summed E-state index contributed by atoms with van der Waals surface area (Å²) >= 11 is 1.46. The van der Waals surface area contributed by atoms with Crippen molar-refractivity contribution in [2.45, 2.75) is 25.2 Å². The van der Waals surface area contributed by atoms with Crippen molar-refractivity contribution in [3.8, 4) is 0 Å². The van der Waals surface area contributed by atoms with Crippen molar-refractivity contribution in [3.63, 3.8) is 0 Å². The average molecular weight is 321 g/mol. The maximum absolute atomic E-state index is 12.0. The number of fused-ring (bicyclic) bond motifs is 1. The van der Waals surface area contributed by atoms with Crippen LogP contribution in [0.2, 0.25) is 0 Å². The highest BCUT2D eigenvalue weighted by Crippen LogP contribution is 2.34. The molecule has 118 valence electrons. The Balaban J connectivity index is 1.94. The first-order valence-corrected chi connectivity index (χ1v) is 8.06. The van der Waals surface area contributed by atoms with E-state index in [-0.39, 0.29) is 24.3 Å². The molecule has 6 nitrogen and oxygen atoms in total.